The molecule has 0 aliphatic carbocycles. The van der Waals surface area contributed by atoms with Gasteiger partial charge in [0.05, 0.1) is 17.1 Å². The minimum atomic E-state index is -0.0997. The highest BCUT2D eigenvalue weighted by molar-refractivity contribution is 6.37. The van der Waals surface area contributed by atoms with Crippen molar-refractivity contribution in [2.75, 3.05) is 0 Å². The molecule has 1 heterocycles. The van der Waals surface area contributed by atoms with E-state index in [2.05, 4.69) is 0 Å². The van der Waals surface area contributed by atoms with Gasteiger partial charge in [-0.15, -0.1) is 0 Å². The summed E-state index contributed by atoms with van der Waals surface area (Å²) >= 11 is 12.7. The van der Waals surface area contributed by atoms with Gasteiger partial charge in [-0.05, 0) is 11.6 Å². The van der Waals surface area contributed by atoms with E-state index in [4.69, 9.17) is 23.2 Å². The Morgan fingerprint density at radius 1 is 0.950 bits per heavy atom. The van der Waals surface area contributed by atoms with Crippen molar-refractivity contribution in [1.82, 2.24) is 4.57 Å². The lowest BCUT2D eigenvalue weighted by atomic mass is 10.2. The summed E-state index contributed by atoms with van der Waals surface area (Å²) in [6, 6.07) is 15.7. The van der Waals surface area contributed by atoms with Crippen LogP contribution in [0.25, 0.3) is 10.9 Å². The number of fused-ring (bicyclic) bond motifs is 1. The van der Waals surface area contributed by atoms with Gasteiger partial charge in [0.15, 0.2) is 0 Å². The number of hydrogen-bond donors (Lipinski definition) is 1. The summed E-state index contributed by atoms with van der Waals surface area (Å²) in [5.41, 5.74) is 2.72. The lowest BCUT2D eigenvalue weighted by Crippen LogP contribution is -2.00. The minimum absolute atomic E-state index is 0.0997. The zero-order valence-electron chi connectivity index (χ0n) is 10.7. The topological polar surface area (TPSA) is 25.2 Å². The maximum absolute atomic E-state index is 9.55. The molecule has 0 bridgehead atoms. The standard InChI is InChI=1S/C16H13Cl2NO/c17-14-8-4-7-12-13(10-20)16(18)19(15(12)14)9-11-5-2-1-3-6-11/h1-8,20H,9-10H2. The van der Waals surface area contributed by atoms with Gasteiger partial charge in [0.1, 0.15) is 5.15 Å². The van der Waals surface area contributed by atoms with Gasteiger partial charge in [0.25, 0.3) is 0 Å². The van der Waals surface area contributed by atoms with E-state index in [0.717, 1.165) is 22.0 Å². The van der Waals surface area contributed by atoms with E-state index in [1.807, 2.05) is 53.1 Å². The van der Waals surface area contributed by atoms with E-state index in [1.165, 1.54) is 0 Å². The Hall–Kier alpha value is -1.48. The summed E-state index contributed by atoms with van der Waals surface area (Å²) in [7, 11) is 0. The van der Waals surface area contributed by atoms with E-state index in [-0.39, 0.29) is 6.61 Å². The largest absolute Gasteiger partial charge is 0.392 e. The Labute approximate surface area is 127 Å². The van der Waals surface area contributed by atoms with Crippen LogP contribution < -0.4 is 0 Å². The first-order chi connectivity index (χ1) is 9.72. The SMILES string of the molecule is OCc1c(Cl)n(Cc2ccccc2)c2c(Cl)cccc12. The fraction of sp³-hybridized carbons (Fsp3) is 0.125. The molecule has 4 heteroatoms. The number of hydrogen-bond acceptors (Lipinski definition) is 1. The van der Waals surface area contributed by atoms with Crippen molar-refractivity contribution < 1.29 is 5.11 Å². The molecule has 3 aromatic rings. The van der Waals surface area contributed by atoms with Crippen LogP contribution in [0.1, 0.15) is 11.1 Å². The van der Waals surface area contributed by atoms with E-state index in [0.29, 0.717) is 16.7 Å². The van der Waals surface area contributed by atoms with Gasteiger partial charge in [-0.25, -0.2) is 0 Å². The first kappa shape index (κ1) is 13.5. The van der Waals surface area contributed by atoms with Crippen LogP contribution in [-0.4, -0.2) is 9.67 Å². The van der Waals surface area contributed by atoms with Crippen molar-refractivity contribution in [2.45, 2.75) is 13.2 Å². The van der Waals surface area contributed by atoms with E-state index in [1.54, 1.807) is 0 Å². The first-order valence-corrected chi connectivity index (χ1v) is 7.08. The highest BCUT2D eigenvalue weighted by atomic mass is 35.5. The highest BCUT2D eigenvalue weighted by Crippen LogP contribution is 2.34. The van der Waals surface area contributed by atoms with Crippen LogP contribution in [0, 0.1) is 0 Å². The van der Waals surface area contributed by atoms with Crippen LogP contribution in [0.4, 0.5) is 0 Å². The monoisotopic (exact) mass is 305 g/mol. The third-order valence-electron chi connectivity index (χ3n) is 3.41. The van der Waals surface area contributed by atoms with Crippen LogP contribution in [0.2, 0.25) is 10.2 Å². The van der Waals surface area contributed by atoms with Crippen molar-refractivity contribution in [3.63, 3.8) is 0 Å². The molecule has 3 rings (SSSR count). The number of para-hydroxylation sites is 1. The molecule has 1 aromatic heterocycles. The van der Waals surface area contributed by atoms with Gasteiger partial charge in [-0.3, -0.25) is 0 Å². The molecule has 0 atom stereocenters. The Balaban J connectivity index is 2.22. The molecule has 2 nitrogen and oxygen atoms in total. The summed E-state index contributed by atoms with van der Waals surface area (Å²) in [5.74, 6) is 0. The average Bonchev–Trinajstić information content (AvgIpc) is 2.73. The number of benzene rings is 2. The lowest BCUT2D eigenvalue weighted by molar-refractivity contribution is 0.283. The molecule has 20 heavy (non-hydrogen) atoms. The Morgan fingerprint density at radius 3 is 2.40 bits per heavy atom. The molecular formula is C16H13Cl2NO. The summed E-state index contributed by atoms with van der Waals surface area (Å²) < 4.78 is 1.94. The number of nitrogens with zero attached hydrogens (tertiary/aromatic N) is 1. The minimum Gasteiger partial charge on any atom is -0.392 e. The van der Waals surface area contributed by atoms with Crippen LogP contribution in [0.3, 0.4) is 0 Å². The smallest absolute Gasteiger partial charge is 0.115 e. The molecular weight excluding hydrogens is 293 g/mol. The Morgan fingerprint density at radius 2 is 1.70 bits per heavy atom. The molecule has 0 saturated carbocycles. The van der Waals surface area contributed by atoms with Gasteiger partial charge in [0, 0.05) is 17.5 Å². The van der Waals surface area contributed by atoms with Gasteiger partial charge in [-0.2, -0.15) is 0 Å². The number of aliphatic hydroxyl groups is 1. The molecule has 0 aliphatic rings. The number of rotatable bonds is 3. The molecule has 102 valence electrons. The van der Waals surface area contributed by atoms with Gasteiger partial charge >= 0.3 is 0 Å². The molecule has 0 radical (unpaired) electrons. The third kappa shape index (κ3) is 2.20. The zero-order valence-corrected chi connectivity index (χ0v) is 12.2. The molecule has 0 spiro atoms. The van der Waals surface area contributed by atoms with Crippen LogP contribution >= 0.6 is 23.2 Å². The fourth-order valence-corrected chi connectivity index (χ4v) is 3.05. The second-order valence-corrected chi connectivity index (χ2v) is 5.40. The van der Waals surface area contributed by atoms with Crippen LogP contribution in [0.5, 0.6) is 0 Å². The van der Waals surface area contributed by atoms with Gasteiger partial charge in [0.2, 0.25) is 0 Å². The van der Waals surface area contributed by atoms with E-state index >= 15 is 0 Å². The summed E-state index contributed by atoms with van der Waals surface area (Å²) in [4.78, 5) is 0. The van der Waals surface area contributed by atoms with Crippen molar-refractivity contribution >= 4 is 34.1 Å². The van der Waals surface area contributed by atoms with Crippen LogP contribution in [0.15, 0.2) is 48.5 Å². The van der Waals surface area contributed by atoms with Gasteiger partial charge < -0.3 is 9.67 Å². The summed E-state index contributed by atoms with van der Waals surface area (Å²) in [6.07, 6.45) is 0. The number of halogens is 2. The highest BCUT2D eigenvalue weighted by Gasteiger charge is 2.17. The molecule has 0 aliphatic heterocycles. The van der Waals surface area contributed by atoms with Gasteiger partial charge in [-0.1, -0.05) is 65.7 Å². The third-order valence-corrected chi connectivity index (χ3v) is 4.15. The predicted octanol–water partition coefficient (Wildman–Crippen LogP) is 4.49. The normalized spacial score (nSPS) is 11.2. The van der Waals surface area contributed by atoms with E-state index in [9.17, 15) is 5.11 Å². The van der Waals surface area contributed by atoms with Crippen molar-refractivity contribution in [3.05, 3.63) is 69.8 Å². The molecule has 0 unspecified atom stereocenters. The fourth-order valence-electron chi connectivity index (χ4n) is 2.47. The summed E-state index contributed by atoms with van der Waals surface area (Å²) in [5, 5.41) is 11.6. The Kier molecular flexibility index (Phi) is 3.70. The molecule has 1 N–H and O–H groups in total. The molecule has 0 amide bonds. The van der Waals surface area contributed by atoms with Crippen molar-refractivity contribution in [3.8, 4) is 0 Å². The number of aromatic nitrogens is 1. The second kappa shape index (κ2) is 5.49. The summed E-state index contributed by atoms with van der Waals surface area (Å²) in [6.45, 7) is 0.525. The maximum atomic E-state index is 9.55. The first-order valence-electron chi connectivity index (χ1n) is 6.32. The van der Waals surface area contributed by atoms with Crippen molar-refractivity contribution in [1.29, 1.82) is 0 Å². The molecule has 0 saturated heterocycles. The predicted molar refractivity (Wildman–Crippen MR) is 83.4 cm³/mol. The number of aliphatic hydroxyl groups excluding tert-OH is 1. The molecule has 2 aromatic carbocycles. The van der Waals surface area contributed by atoms with E-state index < -0.39 is 0 Å². The Bertz CT molecular complexity index is 750. The van der Waals surface area contributed by atoms with Crippen LogP contribution in [-0.2, 0) is 13.2 Å². The second-order valence-electron chi connectivity index (χ2n) is 4.64. The zero-order chi connectivity index (χ0) is 14.1. The maximum Gasteiger partial charge on any atom is 0.115 e. The lowest BCUT2D eigenvalue weighted by Gasteiger charge is -2.08. The molecule has 0 fully saturated rings. The quantitative estimate of drug-likeness (QED) is 0.758. The van der Waals surface area contributed by atoms with Crippen molar-refractivity contribution in [2.24, 2.45) is 0 Å². The average molecular weight is 306 g/mol.